The van der Waals surface area contributed by atoms with Crippen LogP contribution < -0.4 is 10.6 Å². The van der Waals surface area contributed by atoms with E-state index in [1.165, 1.54) is 18.5 Å². The van der Waals surface area contributed by atoms with Gasteiger partial charge in [0.05, 0.1) is 40.6 Å². The summed E-state index contributed by atoms with van der Waals surface area (Å²) in [6.45, 7) is 1.59. The number of halogens is 4. The van der Waals surface area contributed by atoms with Crippen LogP contribution in [0.2, 0.25) is 0 Å². The first-order valence-electron chi connectivity index (χ1n) is 15.1. The summed E-state index contributed by atoms with van der Waals surface area (Å²) in [4.78, 5) is 8.37. The zero-order chi connectivity index (χ0) is 32.9. The quantitative estimate of drug-likeness (QED) is 0.128. The van der Waals surface area contributed by atoms with Crippen molar-refractivity contribution in [2.75, 3.05) is 10.6 Å². The number of nitrogens with one attached hydrogen (secondary N) is 2. The van der Waals surface area contributed by atoms with Gasteiger partial charge in [0.1, 0.15) is 17.8 Å². The fraction of sp³-hybridized carbons (Fsp3) is 0.294. The van der Waals surface area contributed by atoms with Gasteiger partial charge in [-0.25, -0.2) is 9.67 Å². The highest BCUT2D eigenvalue weighted by Crippen LogP contribution is 2.55. The third-order valence-electron chi connectivity index (χ3n) is 8.98. The van der Waals surface area contributed by atoms with E-state index in [2.05, 4.69) is 43.1 Å². The van der Waals surface area contributed by atoms with E-state index in [0.29, 0.717) is 45.0 Å². The lowest BCUT2D eigenvalue weighted by molar-refractivity contribution is -0.182. The average molecular weight is 638 g/mol. The van der Waals surface area contributed by atoms with Gasteiger partial charge in [0.2, 0.25) is 5.95 Å². The third kappa shape index (κ3) is 5.48. The highest BCUT2D eigenvalue weighted by Gasteiger charge is 2.66. The molecule has 2 N–H and O–H groups in total. The molecule has 0 saturated heterocycles. The second kappa shape index (κ2) is 11.4. The van der Waals surface area contributed by atoms with E-state index >= 15 is 0 Å². The summed E-state index contributed by atoms with van der Waals surface area (Å²) in [5.74, 6) is -0.356. The number of pyridine rings is 2. The second-order valence-corrected chi connectivity index (χ2v) is 12.1. The molecule has 9 nitrogen and oxygen atoms in total. The van der Waals surface area contributed by atoms with Crippen molar-refractivity contribution in [3.05, 3.63) is 107 Å². The molecule has 0 bridgehead atoms. The number of anilines is 2. The van der Waals surface area contributed by atoms with E-state index in [4.69, 9.17) is 0 Å². The van der Waals surface area contributed by atoms with Crippen LogP contribution in [-0.2, 0) is 5.54 Å². The van der Waals surface area contributed by atoms with Gasteiger partial charge in [0.25, 0.3) is 0 Å². The molecular weight excluding hydrogens is 610 g/mol. The Balaban J connectivity index is 1.34. The van der Waals surface area contributed by atoms with E-state index in [1.807, 2.05) is 30.3 Å². The number of alkyl halides is 3. The van der Waals surface area contributed by atoms with Crippen LogP contribution in [0.15, 0.2) is 67.0 Å². The van der Waals surface area contributed by atoms with E-state index in [1.54, 1.807) is 19.1 Å². The number of nitrogens with zero attached hydrogens (tertiary/aromatic N) is 7. The summed E-state index contributed by atoms with van der Waals surface area (Å²) >= 11 is 0. The van der Waals surface area contributed by atoms with Crippen molar-refractivity contribution in [3.8, 4) is 12.1 Å². The minimum absolute atomic E-state index is 0.0878. The molecule has 2 saturated carbocycles. The van der Waals surface area contributed by atoms with Crippen LogP contribution in [0.25, 0.3) is 10.9 Å². The normalized spacial score (nSPS) is 16.6. The van der Waals surface area contributed by atoms with Crippen LogP contribution in [0.1, 0.15) is 71.4 Å². The summed E-state index contributed by atoms with van der Waals surface area (Å²) in [5, 5.41) is 35.6. The standard InChI is InChI=1S/C34H27F4N9/c1-19-25(9-10-28(35)42-19)32(27-18-47(46-45-27)33(11-12-33)34(36,37)38)43-24-13-22(15-39)30-26(14-24)31(23(16-40)17-41-30)44-29(21-7-8-21)20-5-3-2-4-6-20/h2-6,9-10,13-14,17-18,21,29,32,43H,7-8,11-12H2,1H3,(H,41,44). The van der Waals surface area contributed by atoms with Crippen LogP contribution >= 0.6 is 0 Å². The molecule has 3 heterocycles. The molecule has 2 aliphatic rings. The largest absolute Gasteiger partial charge is 0.413 e. The Labute approximate surface area is 266 Å². The fourth-order valence-electron chi connectivity index (χ4n) is 6.13. The first kappa shape index (κ1) is 30.1. The van der Waals surface area contributed by atoms with Gasteiger partial charge in [-0.3, -0.25) is 4.98 Å². The molecule has 3 aromatic heterocycles. The molecule has 47 heavy (non-hydrogen) atoms. The van der Waals surface area contributed by atoms with Crippen molar-refractivity contribution < 1.29 is 17.6 Å². The van der Waals surface area contributed by atoms with Gasteiger partial charge in [-0.2, -0.15) is 28.1 Å². The summed E-state index contributed by atoms with van der Waals surface area (Å²) in [6.07, 6.45) is 0.0000687. The maximum Gasteiger partial charge on any atom is 0.413 e. The summed E-state index contributed by atoms with van der Waals surface area (Å²) in [6, 6.07) is 19.3. The summed E-state index contributed by atoms with van der Waals surface area (Å²) in [7, 11) is 0. The number of hydrogen-bond acceptors (Lipinski definition) is 8. The summed E-state index contributed by atoms with van der Waals surface area (Å²) < 4.78 is 56.7. The topological polar surface area (TPSA) is 128 Å². The number of fused-ring (bicyclic) bond motifs is 1. The molecule has 2 fully saturated rings. The molecule has 2 atom stereocenters. The van der Waals surface area contributed by atoms with Gasteiger partial charge in [-0.05, 0) is 62.3 Å². The smallest absolute Gasteiger partial charge is 0.376 e. The fourth-order valence-corrected chi connectivity index (χ4v) is 6.13. The predicted molar refractivity (Wildman–Crippen MR) is 164 cm³/mol. The molecule has 236 valence electrons. The van der Waals surface area contributed by atoms with Crippen LogP contribution in [0.5, 0.6) is 0 Å². The first-order chi connectivity index (χ1) is 22.6. The monoisotopic (exact) mass is 637 g/mol. The number of nitriles is 2. The Bertz CT molecular complexity index is 2070. The van der Waals surface area contributed by atoms with Gasteiger partial charge in [0.15, 0.2) is 5.54 Å². The zero-order valence-corrected chi connectivity index (χ0v) is 25.1. The van der Waals surface area contributed by atoms with E-state index in [9.17, 15) is 28.1 Å². The van der Waals surface area contributed by atoms with Gasteiger partial charge in [-0.1, -0.05) is 41.6 Å². The molecule has 0 aliphatic heterocycles. The van der Waals surface area contributed by atoms with Crippen molar-refractivity contribution in [1.82, 2.24) is 25.0 Å². The number of rotatable bonds is 9. The van der Waals surface area contributed by atoms with Gasteiger partial charge in [0, 0.05) is 28.5 Å². The minimum Gasteiger partial charge on any atom is -0.376 e. The number of aryl methyl sites for hydroxylation is 1. The third-order valence-corrected chi connectivity index (χ3v) is 8.98. The van der Waals surface area contributed by atoms with Gasteiger partial charge in [-0.15, -0.1) is 5.10 Å². The highest BCUT2D eigenvalue weighted by molar-refractivity contribution is 5.99. The predicted octanol–water partition coefficient (Wildman–Crippen LogP) is 7.23. The Morgan fingerprint density at radius 3 is 2.38 bits per heavy atom. The Hall–Kier alpha value is -5.56. The Kier molecular flexibility index (Phi) is 7.27. The number of benzene rings is 2. The lowest BCUT2D eigenvalue weighted by Crippen LogP contribution is -2.35. The Morgan fingerprint density at radius 2 is 1.74 bits per heavy atom. The second-order valence-electron chi connectivity index (χ2n) is 12.1. The molecule has 5 aromatic rings. The number of hydrogen-bond donors (Lipinski definition) is 2. The molecule has 2 unspecified atom stereocenters. The molecule has 2 aliphatic carbocycles. The van der Waals surface area contributed by atoms with E-state index < -0.39 is 23.7 Å². The summed E-state index contributed by atoms with van der Waals surface area (Å²) in [5.41, 5.74) is 1.64. The molecule has 0 amide bonds. The Morgan fingerprint density at radius 1 is 1.00 bits per heavy atom. The SMILES string of the molecule is Cc1nc(F)ccc1C(Nc1cc(C#N)c2ncc(C#N)c(NC(c3ccccc3)C3CC3)c2c1)c1cn(C2(C(F)(F)F)CC2)nn1. The van der Waals surface area contributed by atoms with Crippen molar-refractivity contribution >= 4 is 22.3 Å². The number of aromatic nitrogens is 5. The van der Waals surface area contributed by atoms with Crippen molar-refractivity contribution in [2.45, 2.75) is 56.4 Å². The lowest BCUT2D eigenvalue weighted by atomic mass is 9.99. The van der Waals surface area contributed by atoms with E-state index in [0.717, 1.165) is 29.2 Å². The van der Waals surface area contributed by atoms with Crippen LogP contribution in [0.4, 0.5) is 28.9 Å². The molecule has 2 aromatic carbocycles. The minimum atomic E-state index is -4.51. The molecular formula is C34H27F4N9. The maximum absolute atomic E-state index is 14.1. The van der Waals surface area contributed by atoms with E-state index in [-0.39, 0.29) is 30.1 Å². The molecule has 0 spiro atoms. The van der Waals surface area contributed by atoms with Crippen LogP contribution in [0.3, 0.4) is 0 Å². The highest BCUT2D eigenvalue weighted by atomic mass is 19.4. The first-order valence-corrected chi connectivity index (χ1v) is 15.1. The molecule has 13 heteroatoms. The zero-order valence-electron chi connectivity index (χ0n) is 25.1. The van der Waals surface area contributed by atoms with Crippen LogP contribution in [0, 0.1) is 41.5 Å². The van der Waals surface area contributed by atoms with Crippen molar-refractivity contribution in [1.29, 1.82) is 10.5 Å². The molecule has 0 radical (unpaired) electrons. The van der Waals surface area contributed by atoms with Crippen molar-refractivity contribution in [2.24, 2.45) is 5.92 Å². The molecule has 7 rings (SSSR count). The van der Waals surface area contributed by atoms with Crippen molar-refractivity contribution in [3.63, 3.8) is 0 Å². The maximum atomic E-state index is 14.1. The lowest BCUT2D eigenvalue weighted by Gasteiger charge is -2.23. The van der Waals surface area contributed by atoms with Gasteiger partial charge >= 0.3 is 6.18 Å². The van der Waals surface area contributed by atoms with Gasteiger partial charge < -0.3 is 10.6 Å². The average Bonchev–Trinajstić information content (AvgIpc) is 4.00. The van der Waals surface area contributed by atoms with Crippen LogP contribution in [-0.4, -0.2) is 31.1 Å².